The molecule has 1 aromatic carbocycles. The number of benzene rings is 1. The fraction of sp³-hybridized carbons (Fsp3) is 0.278. The highest BCUT2D eigenvalue weighted by molar-refractivity contribution is 8.03. The molecule has 4 nitrogen and oxygen atoms in total. The van der Waals surface area contributed by atoms with Gasteiger partial charge in [-0.1, -0.05) is 29.2 Å². The van der Waals surface area contributed by atoms with Crippen LogP contribution < -0.4 is 14.2 Å². The quantitative estimate of drug-likeness (QED) is 0.826. The van der Waals surface area contributed by atoms with Crippen molar-refractivity contribution < 1.29 is 14.4 Å². The summed E-state index contributed by atoms with van der Waals surface area (Å²) in [5, 5.41) is 13.6. The van der Waals surface area contributed by atoms with Crippen LogP contribution in [0.25, 0.3) is 6.08 Å². The number of ether oxygens (including phenoxy) is 1. The predicted molar refractivity (Wildman–Crippen MR) is 100 cm³/mol. The van der Waals surface area contributed by atoms with Crippen LogP contribution >= 0.6 is 23.1 Å². The highest BCUT2D eigenvalue weighted by atomic mass is 32.2. The lowest BCUT2D eigenvalue weighted by Gasteiger charge is -2.18. The molecule has 1 N–H and O–H groups in total. The van der Waals surface area contributed by atoms with Crippen molar-refractivity contribution in [2.75, 3.05) is 18.6 Å². The van der Waals surface area contributed by atoms with E-state index in [1.54, 1.807) is 30.2 Å². The average Bonchev–Trinajstić information content (AvgIpc) is 3.14. The number of allylic oxidation sites excluding steroid dienone is 2. The van der Waals surface area contributed by atoms with Gasteiger partial charge in [-0.3, -0.25) is 0 Å². The molecule has 0 bridgehead atoms. The number of thioether (sulfide) groups is 1. The van der Waals surface area contributed by atoms with Crippen LogP contribution in [0.5, 0.6) is 5.75 Å². The van der Waals surface area contributed by atoms with Crippen LogP contribution in [0.3, 0.4) is 0 Å². The summed E-state index contributed by atoms with van der Waals surface area (Å²) in [5.41, 5.74) is 2.13. The molecule has 1 aliphatic heterocycles. The molecule has 2 aromatic rings. The van der Waals surface area contributed by atoms with E-state index < -0.39 is 0 Å². The largest absolute Gasteiger partial charge is 0.497 e. The number of anilines is 1. The van der Waals surface area contributed by atoms with E-state index in [1.165, 1.54) is 15.6 Å². The maximum Gasteiger partial charge on any atom is 0.261 e. The van der Waals surface area contributed by atoms with Crippen molar-refractivity contribution >= 4 is 34.9 Å². The molecule has 0 spiro atoms. The van der Waals surface area contributed by atoms with Crippen molar-refractivity contribution in [3.63, 3.8) is 0 Å². The van der Waals surface area contributed by atoms with Crippen LogP contribution in [0.2, 0.25) is 0 Å². The van der Waals surface area contributed by atoms with Crippen molar-refractivity contribution in [1.29, 1.82) is 0 Å². The van der Waals surface area contributed by atoms with Gasteiger partial charge in [-0.15, -0.1) is 0 Å². The second-order valence-electron chi connectivity index (χ2n) is 5.33. The maximum absolute atomic E-state index is 9.27. The summed E-state index contributed by atoms with van der Waals surface area (Å²) in [6, 6.07) is 6.20. The summed E-state index contributed by atoms with van der Waals surface area (Å²) in [4.78, 5) is 3.54. The Morgan fingerprint density at radius 3 is 2.88 bits per heavy atom. The molecule has 1 aromatic heterocycles. The monoisotopic (exact) mass is 361 g/mol. The first kappa shape index (κ1) is 17.1. The smallest absolute Gasteiger partial charge is 0.261 e. The molecule has 0 radical (unpaired) electrons. The van der Waals surface area contributed by atoms with Gasteiger partial charge in [0.05, 0.1) is 23.2 Å². The van der Waals surface area contributed by atoms with Crippen molar-refractivity contribution in [1.82, 2.24) is 0 Å². The van der Waals surface area contributed by atoms with E-state index in [-0.39, 0.29) is 6.61 Å². The van der Waals surface area contributed by atoms with E-state index in [9.17, 15) is 5.11 Å². The zero-order valence-corrected chi connectivity index (χ0v) is 15.7. The molecule has 2 heterocycles. The molecule has 0 aliphatic carbocycles. The Balaban J connectivity index is 1.83. The number of rotatable bonds is 5. The lowest BCUT2D eigenvalue weighted by molar-refractivity contribution is -0.677. The Hall–Kier alpha value is -1.76. The van der Waals surface area contributed by atoms with Crippen LogP contribution in [-0.2, 0) is 13.7 Å². The molecule has 6 heteroatoms. The molecule has 0 saturated carbocycles. The number of methoxy groups -OCH3 is 1. The minimum atomic E-state index is 0.0680. The fourth-order valence-corrected chi connectivity index (χ4v) is 4.63. The molecule has 126 valence electrons. The molecular weight excluding hydrogens is 340 g/mol. The lowest BCUT2D eigenvalue weighted by Crippen LogP contribution is -2.33. The van der Waals surface area contributed by atoms with Gasteiger partial charge in [-0.25, -0.2) is 0 Å². The Morgan fingerprint density at radius 2 is 2.21 bits per heavy atom. The summed E-state index contributed by atoms with van der Waals surface area (Å²) in [7, 11) is 3.67. The molecule has 0 atom stereocenters. The first-order chi connectivity index (χ1) is 11.7. The normalized spacial score (nSPS) is 15.5. The van der Waals surface area contributed by atoms with Crippen LogP contribution in [0, 0.1) is 0 Å². The van der Waals surface area contributed by atoms with Crippen LogP contribution in [0.1, 0.15) is 17.6 Å². The Labute approximate surface area is 150 Å². The third-order valence-electron chi connectivity index (χ3n) is 3.97. The van der Waals surface area contributed by atoms with E-state index in [0.29, 0.717) is 0 Å². The molecule has 0 fully saturated rings. The van der Waals surface area contributed by atoms with Crippen LogP contribution in [0.15, 0.2) is 45.7 Å². The fourth-order valence-electron chi connectivity index (χ4n) is 2.59. The third kappa shape index (κ3) is 3.22. The van der Waals surface area contributed by atoms with Gasteiger partial charge in [0.1, 0.15) is 19.4 Å². The van der Waals surface area contributed by atoms with E-state index in [0.717, 1.165) is 23.0 Å². The molecule has 0 amide bonds. The van der Waals surface area contributed by atoms with Gasteiger partial charge in [0, 0.05) is 23.6 Å². The van der Waals surface area contributed by atoms with Crippen molar-refractivity contribution in [2.24, 2.45) is 7.05 Å². The number of fused-ring (bicyclic) bond motifs is 1. The van der Waals surface area contributed by atoms with Gasteiger partial charge in [-0.2, -0.15) is 4.57 Å². The molecule has 0 unspecified atom stereocenters. The van der Waals surface area contributed by atoms with Gasteiger partial charge in [0.2, 0.25) is 5.69 Å². The summed E-state index contributed by atoms with van der Waals surface area (Å²) in [6.45, 7) is 3.13. The molecular formula is C18H21N2O2S2+. The Kier molecular flexibility index (Phi) is 5.28. The molecule has 0 saturated heterocycles. The number of hydrogen-bond donors (Lipinski definition) is 1. The maximum atomic E-state index is 9.27. The number of aromatic nitrogens is 1. The van der Waals surface area contributed by atoms with Crippen molar-refractivity contribution in [3.05, 3.63) is 51.5 Å². The van der Waals surface area contributed by atoms with Crippen molar-refractivity contribution in [3.8, 4) is 5.75 Å². The van der Waals surface area contributed by atoms with Crippen molar-refractivity contribution in [2.45, 2.75) is 18.4 Å². The summed E-state index contributed by atoms with van der Waals surface area (Å²) in [5.74, 6) is 0.881. The predicted octanol–water partition coefficient (Wildman–Crippen LogP) is 3.56. The van der Waals surface area contributed by atoms with Gasteiger partial charge in [-0.05, 0) is 25.1 Å². The third-order valence-corrected chi connectivity index (χ3v) is 6.14. The van der Waals surface area contributed by atoms with Gasteiger partial charge in [0.25, 0.3) is 5.01 Å². The van der Waals surface area contributed by atoms with Gasteiger partial charge < -0.3 is 14.7 Å². The Morgan fingerprint density at radius 1 is 1.38 bits per heavy atom. The second-order valence-corrected chi connectivity index (χ2v) is 7.28. The number of nitrogens with zero attached hydrogens (tertiary/aromatic N) is 2. The standard InChI is InChI=1S/C18H21N2O2S2/c1-4-20-15-10-14(22-3)8-9-16(15)24-18(20)7-5-6-17-19(2)13(11-21)12-23-17/h5-10,12,21H,4,11H2,1-3H3/q+1. The molecule has 24 heavy (non-hydrogen) atoms. The number of thiazole rings is 1. The van der Waals surface area contributed by atoms with Gasteiger partial charge >= 0.3 is 0 Å². The zero-order chi connectivity index (χ0) is 17.1. The lowest BCUT2D eigenvalue weighted by atomic mass is 10.2. The summed E-state index contributed by atoms with van der Waals surface area (Å²) in [6.07, 6.45) is 6.29. The van der Waals surface area contributed by atoms with E-state index >= 15 is 0 Å². The SMILES string of the molecule is CCN1/C(=C/C=C/c2scc(CO)[n+]2C)Sc2ccc(OC)cc21. The number of hydrogen-bond acceptors (Lipinski definition) is 5. The van der Waals surface area contributed by atoms with E-state index in [2.05, 4.69) is 42.2 Å². The number of aliphatic hydroxyl groups excluding tert-OH is 1. The highest BCUT2D eigenvalue weighted by Crippen LogP contribution is 2.47. The topological polar surface area (TPSA) is 36.6 Å². The summed E-state index contributed by atoms with van der Waals surface area (Å²) < 4.78 is 7.35. The average molecular weight is 362 g/mol. The van der Waals surface area contributed by atoms with Gasteiger partial charge in [0.15, 0.2) is 0 Å². The molecule has 1 aliphatic rings. The van der Waals surface area contributed by atoms with E-state index in [1.807, 2.05) is 23.1 Å². The minimum absolute atomic E-state index is 0.0680. The molecule has 3 rings (SSSR count). The highest BCUT2D eigenvalue weighted by Gasteiger charge is 2.24. The second kappa shape index (κ2) is 7.42. The van der Waals surface area contributed by atoms with Crippen LogP contribution in [-0.4, -0.2) is 18.8 Å². The van der Waals surface area contributed by atoms with E-state index in [4.69, 9.17) is 4.74 Å². The number of aliphatic hydroxyl groups is 1. The first-order valence-corrected chi connectivity index (χ1v) is 9.46. The minimum Gasteiger partial charge on any atom is -0.497 e. The summed E-state index contributed by atoms with van der Waals surface area (Å²) >= 11 is 3.41. The Bertz CT molecular complexity index is 796. The van der Waals surface area contributed by atoms with Crippen LogP contribution in [0.4, 0.5) is 5.69 Å². The first-order valence-electron chi connectivity index (χ1n) is 7.77. The zero-order valence-electron chi connectivity index (χ0n) is 14.0.